The van der Waals surface area contributed by atoms with Crippen molar-refractivity contribution in [3.63, 3.8) is 0 Å². The second-order valence-electron chi connectivity index (χ2n) is 15.2. The molecule has 0 saturated heterocycles. The molecule has 59 heavy (non-hydrogen) atoms. The number of nitriles is 1. The summed E-state index contributed by atoms with van der Waals surface area (Å²) in [5.41, 5.74) is 11.6. The van der Waals surface area contributed by atoms with E-state index in [1.807, 2.05) is 56.3 Å². The number of aryl methyl sites for hydroxylation is 1. The van der Waals surface area contributed by atoms with Gasteiger partial charge in [-0.05, 0) is 97.1 Å². The third-order valence-corrected chi connectivity index (χ3v) is 11.1. The summed E-state index contributed by atoms with van der Waals surface area (Å²) in [5, 5.41) is 14.9. The predicted octanol–water partition coefficient (Wildman–Crippen LogP) is 14.9. The second-order valence-corrected chi connectivity index (χ2v) is 15.2. The van der Waals surface area contributed by atoms with Gasteiger partial charge >= 0.3 is 6.18 Å². The van der Waals surface area contributed by atoms with Crippen LogP contribution in [0.1, 0.15) is 36.1 Å². The Morgan fingerprint density at radius 3 is 1.81 bits per heavy atom. The van der Waals surface area contributed by atoms with Gasteiger partial charge in [0.2, 0.25) is 0 Å². The highest BCUT2D eigenvalue weighted by atomic mass is 19.4. The molecular formula is C53H38F3N3. The maximum Gasteiger partial charge on any atom is 0.416 e. The van der Waals surface area contributed by atoms with Crippen molar-refractivity contribution in [1.82, 2.24) is 9.13 Å². The van der Waals surface area contributed by atoms with Crippen LogP contribution in [0.3, 0.4) is 0 Å². The summed E-state index contributed by atoms with van der Waals surface area (Å²) in [7, 11) is 0. The third kappa shape index (κ3) is 6.51. The van der Waals surface area contributed by atoms with Gasteiger partial charge in [0, 0.05) is 27.1 Å². The SMILES string of the molecule is C=C/C(=C\C=C(C)C)c1ccc2c3ccccc3n(-c3cc(-c4cccc(C(F)(F)F)c4)c(C#N)cc3-n3c4ccccc4c4ccc(-c5ccc(C)cc5)cc43)c2c1. The van der Waals surface area contributed by atoms with Crippen LogP contribution < -0.4 is 0 Å². The number of para-hydroxylation sites is 2. The van der Waals surface area contributed by atoms with E-state index in [0.29, 0.717) is 22.5 Å². The van der Waals surface area contributed by atoms with Crippen molar-refractivity contribution in [1.29, 1.82) is 5.26 Å². The van der Waals surface area contributed by atoms with Gasteiger partial charge in [0.05, 0.1) is 50.6 Å². The zero-order valence-corrected chi connectivity index (χ0v) is 32.8. The summed E-state index contributed by atoms with van der Waals surface area (Å²) >= 11 is 0. The predicted molar refractivity (Wildman–Crippen MR) is 238 cm³/mol. The highest BCUT2D eigenvalue weighted by Crippen LogP contribution is 2.43. The Bertz CT molecular complexity index is 3250. The lowest BCUT2D eigenvalue weighted by Crippen LogP contribution is -2.07. The molecule has 0 bridgehead atoms. The molecule has 0 fully saturated rings. The van der Waals surface area contributed by atoms with Gasteiger partial charge in [-0.2, -0.15) is 18.4 Å². The summed E-state index contributed by atoms with van der Waals surface area (Å²) in [5.74, 6) is 0. The summed E-state index contributed by atoms with van der Waals surface area (Å²) in [6, 6.07) is 48.9. The minimum absolute atomic E-state index is 0.253. The molecular weight excluding hydrogens is 736 g/mol. The first kappa shape index (κ1) is 37.2. The standard InChI is InChI=1S/C53H38F3N3/c1-5-35(20-17-33(2)3)37-23-25-44-43-14-7-9-16-48(43)59(49(44)28-37)52-31-46(39-11-10-12-41(27-39)53(54,55)56)40(32-57)30-51(52)58-47-15-8-6-13-42(47)45-26-24-38(29-50(45)58)36-21-18-34(4)19-22-36/h5-31H,1H2,2-4H3/b35-20+. The molecule has 0 spiro atoms. The number of alkyl halides is 3. The number of halogens is 3. The van der Waals surface area contributed by atoms with Crippen LogP contribution in [0.25, 0.3) is 82.8 Å². The van der Waals surface area contributed by atoms with E-state index in [1.165, 1.54) is 11.6 Å². The molecule has 2 heterocycles. The first-order valence-corrected chi connectivity index (χ1v) is 19.4. The average Bonchev–Trinajstić information content (AvgIpc) is 3.75. The Morgan fingerprint density at radius 1 is 0.593 bits per heavy atom. The Hall–Kier alpha value is -7.36. The van der Waals surface area contributed by atoms with E-state index in [4.69, 9.17) is 0 Å². The Morgan fingerprint density at radius 2 is 1.19 bits per heavy atom. The number of fused-ring (bicyclic) bond motifs is 6. The van der Waals surface area contributed by atoms with E-state index in [1.54, 1.807) is 6.07 Å². The fraction of sp³-hybridized carbons (Fsp3) is 0.0755. The smallest absolute Gasteiger partial charge is 0.307 e. The lowest BCUT2D eigenvalue weighted by atomic mass is 9.96. The number of hydrogen-bond donors (Lipinski definition) is 0. The third-order valence-electron chi connectivity index (χ3n) is 11.1. The Kier molecular flexibility index (Phi) is 9.18. The summed E-state index contributed by atoms with van der Waals surface area (Å²) in [6.45, 7) is 10.3. The van der Waals surface area contributed by atoms with Gasteiger partial charge in [-0.3, -0.25) is 0 Å². The molecule has 0 unspecified atom stereocenters. The van der Waals surface area contributed by atoms with Crippen LogP contribution in [0.4, 0.5) is 13.2 Å². The van der Waals surface area contributed by atoms with Crippen LogP contribution in [0.2, 0.25) is 0 Å². The van der Waals surface area contributed by atoms with E-state index in [2.05, 4.69) is 126 Å². The summed E-state index contributed by atoms with van der Waals surface area (Å²) < 4.78 is 46.9. The van der Waals surface area contributed by atoms with Gasteiger partial charge in [0.15, 0.2) is 0 Å². The Balaban J connectivity index is 1.44. The first-order chi connectivity index (χ1) is 28.5. The minimum Gasteiger partial charge on any atom is -0.307 e. The molecule has 9 rings (SSSR count). The van der Waals surface area contributed by atoms with E-state index in [9.17, 15) is 18.4 Å². The molecule has 0 aliphatic carbocycles. The zero-order chi connectivity index (χ0) is 41.0. The van der Waals surface area contributed by atoms with Gasteiger partial charge < -0.3 is 9.13 Å². The maximum absolute atomic E-state index is 14.2. The molecule has 2 aromatic heterocycles. The fourth-order valence-electron chi connectivity index (χ4n) is 8.23. The average molecular weight is 774 g/mol. The number of hydrogen-bond acceptors (Lipinski definition) is 1. The van der Waals surface area contributed by atoms with Crippen molar-refractivity contribution in [2.45, 2.75) is 26.9 Å². The molecule has 0 aliphatic rings. The van der Waals surface area contributed by atoms with Crippen molar-refractivity contribution in [2.24, 2.45) is 0 Å². The van der Waals surface area contributed by atoms with Crippen molar-refractivity contribution in [3.05, 3.63) is 198 Å². The van der Waals surface area contributed by atoms with Crippen LogP contribution in [0.15, 0.2) is 176 Å². The highest BCUT2D eigenvalue weighted by molar-refractivity contribution is 6.12. The topological polar surface area (TPSA) is 33.6 Å². The normalized spacial score (nSPS) is 12.1. The van der Waals surface area contributed by atoms with Gasteiger partial charge in [-0.1, -0.05) is 133 Å². The molecule has 0 radical (unpaired) electrons. The van der Waals surface area contributed by atoms with Crippen molar-refractivity contribution in [2.75, 3.05) is 0 Å². The van der Waals surface area contributed by atoms with Gasteiger partial charge in [0.1, 0.15) is 0 Å². The Labute approximate surface area is 340 Å². The number of rotatable bonds is 7. The van der Waals surface area contributed by atoms with E-state index in [-0.39, 0.29) is 5.56 Å². The molecule has 0 atom stereocenters. The van der Waals surface area contributed by atoms with E-state index < -0.39 is 11.7 Å². The molecule has 6 heteroatoms. The monoisotopic (exact) mass is 773 g/mol. The number of nitrogens with zero attached hydrogens (tertiary/aromatic N) is 3. The highest BCUT2D eigenvalue weighted by Gasteiger charge is 2.31. The molecule has 0 aliphatic heterocycles. The second kappa shape index (κ2) is 14.5. The molecule has 0 amide bonds. The molecule has 9 aromatic rings. The first-order valence-electron chi connectivity index (χ1n) is 19.4. The minimum atomic E-state index is -4.56. The van der Waals surface area contributed by atoms with E-state index >= 15 is 0 Å². The van der Waals surface area contributed by atoms with E-state index in [0.717, 1.165) is 83.6 Å². The number of benzene rings is 7. The van der Waals surface area contributed by atoms with Crippen LogP contribution in [-0.4, -0.2) is 9.13 Å². The van der Waals surface area contributed by atoms with Crippen LogP contribution in [0, 0.1) is 18.3 Å². The van der Waals surface area contributed by atoms with Crippen molar-refractivity contribution < 1.29 is 13.2 Å². The summed E-state index contributed by atoms with van der Waals surface area (Å²) in [6.07, 6.45) is 1.40. The van der Waals surface area contributed by atoms with Gasteiger partial charge in [-0.15, -0.1) is 0 Å². The zero-order valence-electron chi connectivity index (χ0n) is 32.8. The molecule has 7 aromatic carbocycles. The van der Waals surface area contributed by atoms with Gasteiger partial charge in [-0.25, -0.2) is 0 Å². The quantitative estimate of drug-likeness (QED) is 0.149. The number of aromatic nitrogens is 2. The lowest BCUT2D eigenvalue weighted by Gasteiger charge is -2.20. The van der Waals surface area contributed by atoms with Crippen molar-refractivity contribution in [3.8, 4) is 39.7 Å². The molecule has 286 valence electrons. The molecule has 3 nitrogen and oxygen atoms in total. The molecule has 0 N–H and O–H groups in total. The van der Waals surface area contributed by atoms with Crippen molar-refractivity contribution >= 4 is 49.2 Å². The number of allylic oxidation sites excluding steroid dienone is 5. The van der Waals surface area contributed by atoms with Crippen LogP contribution in [-0.2, 0) is 6.18 Å². The largest absolute Gasteiger partial charge is 0.416 e. The van der Waals surface area contributed by atoms with Crippen LogP contribution >= 0.6 is 0 Å². The fourth-order valence-corrected chi connectivity index (χ4v) is 8.23. The lowest BCUT2D eigenvalue weighted by molar-refractivity contribution is -0.137. The summed E-state index contributed by atoms with van der Waals surface area (Å²) in [4.78, 5) is 0. The van der Waals surface area contributed by atoms with Gasteiger partial charge in [0.25, 0.3) is 0 Å². The molecule has 0 saturated carbocycles. The van der Waals surface area contributed by atoms with Crippen LogP contribution in [0.5, 0.6) is 0 Å². The maximum atomic E-state index is 14.2.